The number of carbonyl (C=O) groups is 2. The van der Waals surface area contributed by atoms with E-state index in [9.17, 15) is 19.5 Å². The molecule has 4 fully saturated rings. The highest BCUT2D eigenvalue weighted by atomic mass is 35.5. The quantitative estimate of drug-likeness (QED) is 0.652. The van der Waals surface area contributed by atoms with Gasteiger partial charge < -0.3 is 20.2 Å². The lowest BCUT2D eigenvalue weighted by molar-refractivity contribution is -0.137. The van der Waals surface area contributed by atoms with Gasteiger partial charge in [-0.05, 0) is 69.1 Å². The Kier molecular flexibility index (Phi) is 5.09. The fraction of sp³-hybridized carbons (Fsp3) is 0.542. The van der Waals surface area contributed by atoms with Gasteiger partial charge in [0.1, 0.15) is 5.58 Å². The van der Waals surface area contributed by atoms with Crippen LogP contribution in [0, 0.1) is 11.8 Å². The van der Waals surface area contributed by atoms with Gasteiger partial charge in [0.15, 0.2) is 11.2 Å². The molecule has 1 atom stereocenters. The van der Waals surface area contributed by atoms with Crippen LogP contribution in [0.1, 0.15) is 62.4 Å². The predicted octanol–water partition coefficient (Wildman–Crippen LogP) is 3.15. The van der Waals surface area contributed by atoms with Crippen LogP contribution in [0.25, 0.3) is 11.0 Å². The van der Waals surface area contributed by atoms with Crippen LogP contribution < -0.4 is 16.1 Å². The molecule has 2 aromatic rings. The number of carbonyl (C=O) groups excluding carboxylic acids is 2. The summed E-state index contributed by atoms with van der Waals surface area (Å²) >= 11 is 5.95. The fourth-order valence-electron chi connectivity index (χ4n) is 5.67. The molecule has 0 aliphatic heterocycles. The number of benzene rings is 1. The molecule has 32 heavy (non-hydrogen) atoms. The topological polar surface area (TPSA) is 109 Å². The molecule has 170 valence electrons. The molecule has 6 rings (SSSR count). The minimum atomic E-state index is -0.738. The molecule has 4 aliphatic rings. The van der Waals surface area contributed by atoms with E-state index in [1.807, 2.05) is 0 Å². The first kappa shape index (κ1) is 21.5. The Labute approximate surface area is 190 Å². The lowest BCUT2D eigenvalue weighted by Gasteiger charge is -2.56. The van der Waals surface area contributed by atoms with Crippen LogP contribution in [0.2, 0.25) is 5.02 Å². The zero-order chi connectivity index (χ0) is 22.7. The zero-order valence-electron chi connectivity index (χ0n) is 17.9. The van der Waals surface area contributed by atoms with Gasteiger partial charge in [0.25, 0.3) is 5.91 Å². The molecule has 0 unspecified atom stereocenters. The van der Waals surface area contributed by atoms with Crippen molar-refractivity contribution in [2.75, 3.05) is 0 Å². The van der Waals surface area contributed by atoms with Crippen LogP contribution in [-0.2, 0) is 4.79 Å². The van der Waals surface area contributed by atoms with E-state index in [4.69, 9.17) is 16.0 Å². The third-order valence-electron chi connectivity index (χ3n) is 7.73. The Hall–Kier alpha value is -2.38. The Bertz CT molecular complexity index is 1140. The smallest absolute Gasteiger partial charge is 0.287 e. The van der Waals surface area contributed by atoms with E-state index < -0.39 is 23.1 Å². The summed E-state index contributed by atoms with van der Waals surface area (Å²) in [4.78, 5) is 38.0. The van der Waals surface area contributed by atoms with Crippen molar-refractivity contribution in [3.8, 4) is 0 Å². The predicted molar refractivity (Wildman–Crippen MR) is 120 cm³/mol. The van der Waals surface area contributed by atoms with Gasteiger partial charge in [0, 0.05) is 22.5 Å². The second-order valence-corrected chi connectivity index (χ2v) is 10.4. The van der Waals surface area contributed by atoms with Gasteiger partial charge in [-0.25, -0.2) is 0 Å². The van der Waals surface area contributed by atoms with E-state index in [0.29, 0.717) is 54.0 Å². The van der Waals surface area contributed by atoms with Crippen molar-refractivity contribution < 1.29 is 19.1 Å². The summed E-state index contributed by atoms with van der Waals surface area (Å²) in [6.45, 7) is 2.14. The summed E-state index contributed by atoms with van der Waals surface area (Å²) in [6.07, 6.45) is 3.91. The molecular weight excluding hydrogens is 432 g/mol. The number of hydrogen-bond donors (Lipinski definition) is 3. The summed E-state index contributed by atoms with van der Waals surface area (Å²) < 4.78 is 5.67. The van der Waals surface area contributed by atoms with E-state index in [1.54, 1.807) is 12.1 Å². The second-order valence-electron chi connectivity index (χ2n) is 9.99. The summed E-state index contributed by atoms with van der Waals surface area (Å²) in [5.74, 6) is 0.127. The minimum absolute atomic E-state index is 0.0404. The molecule has 4 saturated carbocycles. The van der Waals surface area contributed by atoms with Gasteiger partial charge in [-0.1, -0.05) is 18.5 Å². The maximum Gasteiger partial charge on any atom is 0.287 e. The Morgan fingerprint density at radius 1 is 1.12 bits per heavy atom. The Balaban J connectivity index is 1.30. The van der Waals surface area contributed by atoms with Crippen LogP contribution in [0.3, 0.4) is 0 Å². The largest absolute Gasteiger partial charge is 0.451 e. The van der Waals surface area contributed by atoms with Gasteiger partial charge in [-0.2, -0.15) is 0 Å². The standard InChI is InChI=1S/C24H27ClN2O5/c1-13-8-14(9-13)21(30)27-24-6-4-23(5-7-24,12-20(24)29)26-22(31)19-11-17(28)16-10-15(25)2-3-18(16)32-19/h2-3,10-11,13-14,20,29H,4-9,12H2,1H3,(H,26,31)(H,27,30)/t13?,14?,20-,23?,24?/m0/s1. The lowest BCUT2D eigenvalue weighted by atomic mass is 9.59. The van der Waals surface area contributed by atoms with E-state index in [0.717, 1.165) is 12.8 Å². The molecule has 2 amide bonds. The zero-order valence-corrected chi connectivity index (χ0v) is 18.7. The molecule has 3 N–H and O–H groups in total. The third-order valence-corrected chi connectivity index (χ3v) is 7.96. The molecule has 2 bridgehead atoms. The Morgan fingerprint density at radius 2 is 1.84 bits per heavy atom. The van der Waals surface area contributed by atoms with E-state index in [2.05, 4.69) is 17.6 Å². The molecule has 0 saturated heterocycles. The van der Waals surface area contributed by atoms with E-state index >= 15 is 0 Å². The van der Waals surface area contributed by atoms with Crippen LogP contribution in [0.15, 0.2) is 33.5 Å². The maximum absolute atomic E-state index is 13.0. The van der Waals surface area contributed by atoms with Gasteiger partial charge in [-0.15, -0.1) is 0 Å². The SMILES string of the molecule is CC1CC(C(=O)NC23CCC(NC(=O)c4cc(=O)c5cc(Cl)ccc5o4)(CC2)C[C@@H]3O)C1. The van der Waals surface area contributed by atoms with Crippen LogP contribution in [0.5, 0.6) is 0 Å². The van der Waals surface area contributed by atoms with Crippen molar-refractivity contribution in [1.29, 1.82) is 0 Å². The summed E-state index contributed by atoms with van der Waals surface area (Å²) in [7, 11) is 0. The summed E-state index contributed by atoms with van der Waals surface area (Å²) in [6, 6.07) is 5.86. The molecule has 0 radical (unpaired) electrons. The molecule has 1 aromatic carbocycles. The molecule has 1 aromatic heterocycles. The third kappa shape index (κ3) is 3.61. The van der Waals surface area contributed by atoms with Gasteiger partial charge in [0.05, 0.1) is 17.0 Å². The van der Waals surface area contributed by atoms with Crippen molar-refractivity contribution >= 4 is 34.4 Å². The number of nitrogens with one attached hydrogen (secondary N) is 2. The monoisotopic (exact) mass is 458 g/mol. The molecule has 4 aliphatic carbocycles. The van der Waals surface area contributed by atoms with Crippen molar-refractivity contribution in [3.05, 3.63) is 45.3 Å². The number of amides is 2. The van der Waals surface area contributed by atoms with E-state index in [1.165, 1.54) is 12.1 Å². The second kappa shape index (κ2) is 7.59. The average Bonchev–Trinajstić information content (AvgIpc) is 2.73. The number of halogens is 1. The van der Waals surface area contributed by atoms with Crippen LogP contribution in [-0.4, -0.2) is 34.1 Å². The summed E-state index contributed by atoms with van der Waals surface area (Å²) in [5, 5.41) is 17.8. The molecular formula is C24H27ClN2O5. The first-order chi connectivity index (χ1) is 15.2. The maximum atomic E-state index is 13.0. The minimum Gasteiger partial charge on any atom is -0.451 e. The van der Waals surface area contributed by atoms with E-state index in [-0.39, 0.29) is 23.0 Å². The number of aliphatic hydroxyl groups excluding tert-OH is 1. The van der Waals surface area contributed by atoms with Gasteiger partial charge >= 0.3 is 0 Å². The first-order valence-corrected chi connectivity index (χ1v) is 11.6. The van der Waals surface area contributed by atoms with Crippen molar-refractivity contribution in [1.82, 2.24) is 10.6 Å². The molecule has 1 heterocycles. The van der Waals surface area contributed by atoms with Crippen molar-refractivity contribution in [3.63, 3.8) is 0 Å². The highest BCUT2D eigenvalue weighted by molar-refractivity contribution is 6.31. The molecule has 8 heteroatoms. The Morgan fingerprint density at radius 3 is 2.50 bits per heavy atom. The average molecular weight is 459 g/mol. The fourth-order valence-corrected chi connectivity index (χ4v) is 5.84. The molecule has 0 spiro atoms. The van der Waals surface area contributed by atoms with Crippen LogP contribution in [0.4, 0.5) is 0 Å². The normalized spacial score (nSPS) is 33.5. The number of aliphatic hydroxyl groups is 1. The lowest BCUT2D eigenvalue weighted by Crippen LogP contribution is -2.70. The molecule has 7 nitrogen and oxygen atoms in total. The van der Waals surface area contributed by atoms with Gasteiger partial charge in [0.2, 0.25) is 5.91 Å². The summed E-state index contributed by atoms with van der Waals surface area (Å²) in [5.41, 5.74) is -1.24. The first-order valence-electron chi connectivity index (χ1n) is 11.2. The number of fused-ring (bicyclic) bond motifs is 4. The van der Waals surface area contributed by atoms with Crippen molar-refractivity contribution in [2.24, 2.45) is 11.8 Å². The van der Waals surface area contributed by atoms with Crippen LogP contribution >= 0.6 is 11.6 Å². The number of rotatable bonds is 4. The van der Waals surface area contributed by atoms with Crippen molar-refractivity contribution in [2.45, 2.75) is 69.1 Å². The van der Waals surface area contributed by atoms with Gasteiger partial charge in [-0.3, -0.25) is 14.4 Å². The highest BCUT2D eigenvalue weighted by Gasteiger charge is 2.56. The highest BCUT2D eigenvalue weighted by Crippen LogP contribution is 2.47. The number of hydrogen-bond acceptors (Lipinski definition) is 5.